The van der Waals surface area contributed by atoms with Gasteiger partial charge in [-0.1, -0.05) is 17.8 Å². The third-order valence-electron chi connectivity index (χ3n) is 2.07. The quantitative estimate of drug-likeness (QED) is 0.834. The Bertz CT molecular complexity index is 499. The highest BCUT2D eigenvalue weighted by Crippen LogP contribution is 2.26. The highest BCUT2D eigenvalue weighted by Gasteiger charge is 2.15. The molecular formula is C12H15NO2S. The lowest BCUT2D eigenvalue weighted by molar-refractivity contribution is 0.106. The summed E-state index contributed by atoms with van der Waals surface area (Å²) in [4.78, 5) is 4.36. The van der Waals surface area contributed by atoms with Gasteiger partial charge in [0, 0.05) is 5.75 Å². The number of hydrogen-bond acceptors (Lipinski definition) is 4. The Hall–Kier alpha value is -1.00. The molecule has 0 saturated carbocycles. The van der Waals surface area contributed by atoms with Crippen LogP contribution in [0.5, 0.6) is 0 Å². The van der Waals surface area contributed by atoms with Crippen molar-refractivity contribution in [1.82, 2.24) is 4.98 Å². The van der Waals surface area contributed by atoms with Gasteiger partial charge in [0.2, 0.25) is 0 Å². The van der Waals surface area contributed by atoms with Gasteiger partial charge in [-0.3, -0.25) is 0 Å². The molecule has 0 spiro atoms. The van der Waals surface area contributed by atoms with E-state index in [0.29, 0.717) is 11.0 Å². The molecule has 0 radical (unpaired) electrons. The average molecular weight is 237 g/mol. The Kier molecular flexibility index (Phi) is 2.95. The van der Waals surface area contributed by atoms with Crippen molar-refractivity contribution in [2.75, 3.05) is 5.75 Å². The topological polar surface area (TPSA) is 46.3 Å². The number of fused-ring (bicyclic) bond motifs is 1. The second kappa shape index (κ2) is 4.11. The molecule has 1 aromatic carbocycles. The normalized spacial score (nSPS) is 12.2. The molecule has 0 atom stereocenters. The summed E-state index contributed by atoms with van der Waals surface area (Å²) in [5.74, 6) is 0.568. The van der Waals surface area contributed by atoms with Crippen LogP contribution >= 0.6 is 11.8 Å². The van der Waals surface area contributed by atoms with Crippen molar-refractivity contribution in [1.29, 1.82) is 0 Å². The van der Waals surface area contributed by atoms with E-state index >= 15 is 0 Å². The molecule has 4 heteroatoms. The predicted octanol–water partition coefficient (Wildman–Crippen LogP) is 3.00. The molecule has 3 nitrogen and oxygen atoms in total. The van der Waals surface area contributed by atoms with Crippen molar-refractivity contribution in [2.45, 2.75) is 31.6 Å². The van der Waals surface area contributed by atoms with Gasteiger partial charge < -0.3 is 9.52 Å². The van der Waals surface area contributed by atoms with Crippen LogP contribution < -0.4 is 0 Å². The van der Waals surface area contributed by atoms with Crippen molar-refractivity contribution in [3.05, 3.63) is 23.8 Å². The lowest BCUT2D eigenvalue weighted by Gasteiger charge is -2.14. The Labute approximate surface area is 98.9 Å². The molecule has 1 aromatic heterocycles. The van der Waals surface area contributed by atoms with Crippen LogP contribution in [-0.2, 0) is 0 Å². The number of aromatic nitrogens is 1. The van der Waals surface area contributed by atoms with Gasteiger partial charge in [0.1, 0.15) is 5.52 Å². The summed E-state index contributed by atoms with van der Waals surface area (Å²) in [7, 11) is 0. The van der Waals surface area contributed by atoms with Crippen LogP contribution in [0.25, 0.3) is 11.1 Å². The zero-order valence-electron chi connectivity index (χ0n) is 9.65. The number of benzene rings is 1. The van der Waals surface area contributed by atoms with E-state index in [4.69, 9.17) is 4.42 Å². The van der Waals surface area contributed by atoms with Gasteiger partial charge in [0.25, 0.3) is 5.22 Å². The van der Waals surface area contributed by atoms with E-state index in [-0.39, 0.29) is 0 Å². The van der Waals surface area contributed by atoms with E-state index in [1.807, 2.05) is 25.1 Å². The Morgan fingerprint density at radius 1 is 1.44 bits per heavy atom. The minimum Gasteiger partial charge on any atom is -0.431 e. The summed E-state index contributed by atoms with van der Waals surface area (Å²) >= 11 is 1.43. The molecule has 0 aliphatic heterocycles. The number of nitrogens with zero attached hydrogens (tertiary/aromatic N) is 1. The van der Waals surface area contributed by atoms with Crippen molar-refractivity contribution < 1.29 is 9.52 Å². The SMILES string of the molecule is Cc1ccc2oc(SCC(C)(C)O)nc2c1. The van der Waals surface area contributed by atoms with E-state index in [0.717, 1.165) is 11.1 Å². The fourth-order valence-corrected chi connectivity index (χ4v) is 2.10. The smallest absolute Gasteiger partial charge is 0.256 e. The maximum absolute atomic E-state index is 9.61. The summed E-state index contributed by atoms with van der Waals surface area (Å²) in [5.41, 5.74) is 2.13. The average Bonchev–Trinajstić information content (AvgIpc) is 2.55. The Balaban J connectivity index is 2.20. The number of rotatable bonds is 3. The molecule has 0 amide bonds. The second-order valence-electron chi connectivity index (χ2n) is 4.55. The first-order valence-corrected chi connectivity index (χ1v) is 6.15. The Morgan fingerprint density at radius 2 is 2.19 bits per heavy atom. The van der Waals surface area contributed by atoms with Crippen LogP contribution in [0.4, 0.5) is 0 Å². The zero-order chi connectivity index (χ0) is 11.8. The van der Waals surface area contributed by atoms with Gasteiger partial charge in [-0.15, -0.1) is 0 Å². The van der Waals surface area contributed by atoms with Crippen LogP contribution in [0, 0.1) is 6.92 Å². The van der Waals surface area contributed by atoms with E-state index < -0.39 is 5.60 Å². The van der Waals surface area contributed by atoms with Crippen molar-refractivity contribution >= 4 is 22.9 Å². The number of aliphatic hydroxyl groups is 1. The maximum Gasteiger partial charge on any atom is 0.256 e. The monoisotopic (exact) mass is 237 g/mol. The number of oxazole rings is 1. The highest BCUT2D eigenvalue weighted by atomic mass is 32.2. The van der Waals surface area contributed by atoms with Crippen LogP contribution in [0.15, 0.2) is 27.8 Å². The number of aryl methyl sites for hydroxylation is 1. The molecule has 0 aliphatic carbocycles. The van der Waals surface area contributed by atoms with Gasteiger partial charge in [-0.05, 0) is 38.5 Å². The maximum atomic E-state index is 9.61. The molecular weight excluding hydrogens is 222 g/mol. The van der Waals surface area contributed by atoms with E-state index in [2.05, 4.69) is 4.98 Å². The minimum absolute atomic E-state index is 0.568. The molecule has 1 N–H and O–H groups in total. The van der Waals surface area contributed by atoms with E-state index in [1.54, 1.807) is 13.8 Å². The summed E-state index contributed by atoms with van der Waals surface area (Å²) in [6, 6.07) is 5.91. The molecule has 2 aromatic rings. The van der Waals surface area contributed by atoms with E-state index in [9.17, 15) is 5.11 Å². The van der Waals surface area contributed by atoms with Crippen LogP contribution in [0.1, 0.15) is 19.4 Å². The summed E-state index contributed by atoms with van der Waals surface area (Å²) in [6.07, 6.45) is 0. The van der Waals surface area contributed by atoms with Crippen molar-refractivity contribution in [3.8, 4) is 0 Å². The molecule has 0 bridgehead atoms. The zero-order valence-corrected chi connectivity index (χ0v) is 10.5. The molecule has 0 unspecified atom stereocenters. The highest BCUT2D eigenvalue weighted by molar-refractivity contribution is 7.99. The molecule has 0 fully saturated rings. The van der Waals surface area contributed by atoms with Gasteiger partial charge in [0.15, 0.2) is 5.58 Å². The molecule has 2 rings (SSSR count). The molecule has 86 valence electrons. The predicted molar refractivity (Wildman–Crippen MR) is 65.8 cm³/mol. The second-order valence-corrected chi connectivity index (χ2v) is 5.48. The van der Waals surface area contributed by atoms with Gasteiger partial charge in [0.05, 0.1) is 5.60 Å². The first-order chi connectivity index (χ1) is 7.44. The standard InChI is InChI=1S/C12H15NO2S/c1-8-4-5-10-9(6-8)13-11(15-10)16-7-12(2,3)14/h4-6,14H,7H2,1-3H3. The first kappa shape index (κ1) is 11.5. The fraction of sp³-hybridized carbons (Fsp3) is 0.417. The molecule has 16 heavy (non-hydrogen) atoms. The van der Waals surface area contributed by atoms with Crippen LogP contribution in [0.3, 0.4) is 0 Å². The van der Waals surface area contributed by atoms with Gasteiger partial charge in [-0.2, -0.15) is 0 Å². The van der Waals surface area contributed by atoms with Crippen molar-refractivity contribution in [2.24, 2.45) is 0 Å². The fourth-order valence-electron chi connectivity index (χ4n) is 1.32. The van der Waals surface area contributed by atoms with Gasteiger partial charge in [-0.25, -0.2) is 4.98 Å². The lowest BCUT2D eigenvalue weighted by Crippen LogP contribution is -2.21. The number of hydrogen-bond donors (Lipinski definition) is 1. The third kappa shape index (κ3) is 2.77. The van der Waals surface area contributed by atoms with Crippen LogP contribution in [0.2, 0.25) is 0 Å². The molecule has 0 aliphatic rings. The molecule has 1 heterocycles. The van der Waals surface area contributed by atoms with Crippen LogP contribution in [-0.4, -0.2) is 21.4 Å². The summed E-state index contributed by atoms with van der Waals surface area (Å²) in [6.45, 7) is 5.57. The third-order valence-corrected chi connectivity index (χ3v) is 3.34. The van der Waals surface area contributed by atoms with Gasteiger partial charge >= 0.3 is 0 Å². The lowest BCUT2D eigenvalue weighted by atomic mass is 10.2. The van der Waals surface area contributed by atoms with Crippen molar-refractivity contribution in [3.63, 3.8) is 0 Å². The Morgan fingerprint density at radius 3 is 2.88 bits per heavy atom. The summed E-state index contributed by atoms with van der Waals surface area (Å²) < 4.78 is 5.56. The summed E-state index contributed by atoms with van der Waals surface area (Å²) in [5, 5.41) is 10.2. The number of thioether (sulfide) groups is 1. The minimum atomic E-state index is -0.707. The first-order valence-electron chi connectivity index (χ1n) is 5.16. The largest absolute Gasteiger partial charge is 0.431 e. The molecule has 0 saturated heterocycles. The van der Waals surface area contributed by atoms with E-state index in [1.165, 1.54) is 17.3 Å².